The zero-order valence-electron chi connectivity index (χ0n) is 16.7. The van der Waals surface area contributed by atoms with E-state index in [9.17, 15) is 0 Å². The standard InChI is InChI=1S/C21H28N8/c1-3-18(10-9-16(2)26-22)19-25-21(29-13-11-23-12-14-29)20(28-27-19)24-15-17-7-5-4-6-8-17/h3-10,23,26H,2,11-15,22H2,1H3,(H,24,28)/b10-9-,18-3+. The lowest BCUT2D eigenvalue weighted by Crippen LogP contribution is -2.44. The van der Waals surface area contributed by atoms with Gasteiger partial charge in [-0.1, -0.05) is 43.0 Å². The number of nitrogens with two attached hydrogens (primary N) is 1. The van der Waals surface area contributed by atoms with Crippen LogP contribution in [-0.2, 0) is 6.54 Å². The number of piperazine rings is 1. The Balaban J connectivity index is 1.87. The van der Waals surface area contributed by atoms with E-state index in [0.717, 1.165) is 37.6 Å². The second-order valence-corrected chi connectivity index (χ2v) is 6.63. The Morgan fingerprint density at radius 3 is 2.66 bits per heavy atom. The van der Waals surface area contributed by atoms with E-state index in [1.807, 2.05) is 37.3 Å². The molecule has 0 aliphatic carbocycles. The van der Waals surface area contributed by atoms with Crippen molar-refractivity contribution in [2.75, 3.05) is 36.4 Å². The van der Waals surface area contributed by atoms with E-state index in [0.29, 0.717) is 23.9 Å². The van der Waals surface area contributed by atoms with E-state index in [-0.39, 0.29) is 0 Å². The van der Waals surface area contributed by atoms with Gasteiger partial charge in [0, 0.05) is 44.0 Å². The molecule has 0 amide bonds. The van der Waals surface area contributed by atoms with Crippen molar-refractivity contribution in [2.24, 2.45) is 5.84 Å². The molecule has 29 heavy (non-hydrogen) atoms. The summed E-state index contributed by atoms with van der Waals surface area (Å²) in [6, 6.07) is 10.2. The molecule has 0 saturated carbocycles. The summed E-state index contributed by atoms with van der Waals surface area (Å²) >= 11 is 0. The average molecular weight is 393 g/mol. The molecule has 1 aliphatic rings. The van der Waals surface area contributed by atoms with Crippen molar-refractivity contribution in [3.8, 4) is 0 Å². The first-order chi connectivity index (χ1) is 14.2. The Morgan fingerprint density at radius 2 is 1.97 bits per heavy atom. The summed E-state index contributed by atoms with van der Waals surface area (Å²) in [4.78, 5) is 7.08. The van der Waals surface area contributed by atoms with Crippen LogP contribution >= 0.6 is 0 Å². The Morgan fingerprint density at radius 1 is 1.21 bits per heavy atom. The summed E-state index contributed by atoms with van der Waals surface area (Å²) in [6.07, 6.45) is 5.60. The van der Waals surface area contributed by atoms with Crippen molar-refractivity contribution in [2.45, 2.75) is 13.5 Å². The van der Waals surface area contributed by atoms with Crippen molar-refractivity contribution >= 4 is 17.2 Å². The minimum Gasteiger partial charge on any atom is -0.361 e. The number of rotatable bonds is 8. The number of nitrogens with one attached hydrogen (secondary N) is 3. The van der Waals surface area contributed by atoms with Crippen LogP contribution < -0.4 is 26.8 Å². The third-order valence-electron chi connectivity index (χ3n) is 4.61. The van der Waals surface area contributed by atoms with Crippen molar-refractivity contribution in [1.82, 2.24) is 25.9 Å². The topological polar surface area (TPSA) is 104 Å². The van der Waals surface area contributed by atoms with Gasteiger partial charge in [0.15, 0.2) is 17.5 Å². The van der Waals surface area contributed by atoms with Gasteiger partial charge in [-0.05, 0) is 24.6 Å². The van der Waals surface area contributed by atoms with E-state index in [1.165, 1.54) is 5.56 Å². The predicted octanol–water partition coefficient (Wildman–Crippen LogP) is 1.83. The Kier molecular flexibility index (Phi) is 7.32. The van der Waals surface area contributed by atoms with E-state index in [1.54, 1.807) is 6.08 Å². The number of nitrogens with zero attached hydrogens (tertiary/aromatic N) is 4. The van der Waals surface area contributed by atoms with Crippen molar-refractivity contribution in [3.05, 3.63) is 72.2 Å². The lowest BCUT2D eigenvalue weighted by atomic mass is 10.2. The highest BCUT2D eigenvalue weighted by Gasteiger charge is 2.19. The van der Waals surface area contributed by atoms with Gasteiger partial charge in [0.05, 0.1) is 0 Å². The highest BCUT2D eigenvalue weighted by atomic mass is 15.3. The molecule has 5 N–H and O–H groups in total. The molecule has 0 radical (unpaired) electrons. The molecule has 3 rings (SSSR count). The molecule has 0 atom stereocenters. The summed E-state index contributed by atoms with van der Waals surface area (Å²) in [7, 11) is 0. The minimum atomic E-state index is 0.562. The molecule has 152 valence electrons. The normalized spacial score (nSPS) is 14.8. The van der Waals surface area contributed by atoms with Gasteiger partial charge >= 0.3 is 0 Å². The number of hydrazine groups is 1. The van der Waals surface area contributed by atoms with Crippen LogP contribution in [0.3, 0.4) is 0 Å². The van der Waals surface area contributed by atoms with Gasteiger partial charge in [-0.15, -0.1) is 10.2 Å². The first kappa shape index (κ1) is 20.5. The fraction of sp³-hybridized carbons (Fsp3) is 0.286. The van der Waals surface area contributed by atoms with Gasteiger partial charge in [0.25, 0.3) is 0 Å². The SMILES string of the molecule is C=C(/C=C\C(=C/C)c1nnc(NCc2ccccc2)c(N2CCNCC2)n1)NN. The molecule has 1 aromatic heterocycles. The molecule has 1 saturated heterocycles. The van der Waals surface area contributed by atoms with E-state index in [4.69, 9.17) is 10.8 Å². The molecule has 0 spiro atoms. The number of hydrogen-bond acceptors (Lipinski definition) is 8. The third-order valence-corrected chi connectivity index (χ3v) is 4.61. The molecule has 1 aliphatic heterocycles. The summed E-state index contributed by atoms with van der Waals surface area (Å²) in [5.74, 6) is 7.44. The third kappa shape index (κ3) is 5.63. The summed E-state index contributed by atoms with van der Waals surface area (Å²) in [5.41, 5.74) is 5.13. The lowest BCUT2D eigenvalue weighted by Gasteiger charge is -2.29. The zero-order valence-corrected chi connectivity index (χ0v) is 16.7. The minimum absolute atomic E-state index is 0.562. The van der Waals surface area contributed by atoms with Gasteiger partial charge in [-0.3, -0.25) is 5.84 Å². The molecule has 0 unspecified atom stereocenters. The van der Waals surface area contributed by atoms with Gasteiger partial charge in [0.2, 0.25) is 0 Å². The highest BCUT2D eigenvalue weighted by Crippen LogP contribution is 2.24. The van der Waals surface area contributed by atoms with E-state index >= 15 is 0 Å². The first-order valence-corrected chi connectivity index (χ1v) is 9.69. The Bertz CT molecular complexity index is 870. The molecular weight excluding hydrogens is 364 g/mol. The maximum atomic E-state index is 5.38. The van der Waals surface area contributed by atoms with Crippen LogP contribution in [0.5, 0.6) is 0 Å². The van der Waals surface area contributed by atoms with E-state index < -0.39 is 0 Å². The predicted molar refractivity (Wildman–Crippen MR) is 118 cm³/mol. The second kappa shape index (κ2) is 10.4. The van der Waals surface area contributed by atoms with Crippen LogP contribution in [0.1, 0.15) is 18.3 Å². The second-order valence-electron chi connectivity index (χ2n) is 6.63. The molecule has 1 fully saturated rings. The zero-order chi connectivity index (χ0) is 20.5. The molecule has 1 aromatic carbocycles. The summed E-state index contributed by atoms with van der Waals surface area (Å²) in [6.45, 7) is 9.96. The molecule has 2 aromatic rings. The number of aromatic nitrogens is 3. The van der Waals surface area contributed by atoms with Gasteiger partial charge in [-0.2, -0.15) is 0 Å². The summed E-state index contributed by atoms with van der Waals surface area (Å²) in [5, 5.41) is 15.6. The van der Waals surface area contributed by atoms with Crippen LogP contribution in [-0.4, -0.2) is 41.4 Å². The van der Waals surface area contributed by atoms with Crippen molar-refractivity contribution < 1.29 is 0 Å². The molecule has 0 bridgehead atoms. The number of benzene rings is 1. The van der Waals surface area contributed by atoms with Crippen LogP contribution in [0.25, 0.3) is 5.57 Å². The molecule has 2 heterocycles. The number of allylic oxidation sites excluding steroid dienone is 4. The molecule has 8 nitrogen and oxygen atoms in total. The van der Waals surface area contributed by atoms with Gasteiger partial charge in [0.1, 0.15) is 0 Å². The fourth-order valence-electron chi connectivity index (χ4n) is 2.97. The van der Waals surface area contributed by atoms with Crippen LogP contribution in [0.4, 0.5) is 11.6 Å². The molecular formula is C21H28N8. The van der Waals surface area contributed by atoms with Crippen LogP contribution in [0.15, 0.2) is 60.8 Å². The maximum Gasteiger partial charge on any atom is 0.192 e. The van der Waals surface area contributed by atoms with Crippen LogP contribution in [0.2, 0.25) is 0 Å². The quantitative estimate of drug-likeness (QED) is 0.306. The van der Waals surface area contributed by atoms with Crippen molar-refractivity contribution in [1.29, 1.82) is 0 Å². The van der Waals surface area contributed by atoms with E-state index in [2.05, 4.69) is 49.9 Å². The average Bonchev–Trinajstić information content (AvgIpc) is 2.79. The Hall–Kier alpha value is -3.23. The molecule has 8 heteroatoms. The summed E-state index contributed by atoms with van der Waals surface area (Å²) < 4.78 is 0. The number of hydrogen-bond donors (Lipinski definition) is 4. The maximum absolute atomic E-state index is 5.38. The largest absolute Gasteiger partial charge is 0.361 e. The highest BCUT2D eigenvalue weighted by molar-refractivity contribution is 5.72. The first-order valence-electron chi connectivity index (χ1n) is 9.69. The van der Waals surface area contributed by atoms with Gasteiger partial charge in [-0.25, -0.2) is 4.98 Å². The van der Waals surface area contributed by atoms with Crippen LogP contribution in [0, 0.1) is 0 Å². The fourth-order valence-corrected chi connectivity index (χ4v) is 2.97. The van der Waals surface area contributed by atoms with Gasteiger partial charge < -0.3 is 21.0 Å². The number of anilines is 2. The monoisotopic (exact) mass is 392 g/mol. The lowest BCUT2D eigenvalue weighted by molar-refractivity contribution is 0.583. The smallest absolute Gasteiger partial charge is 0.192 e. The van der Waals surface area contributed by atoms with Crippen molar-refractivity contribution in [3.63, 3.8) is 0 Å². The Labute approximate surface area is 171 Å².